The number of unbranched alkanes of at least 4 members (excludes halogenated alkanes) is 3. The molecular weight excluding hydrogens is 247 g/mol. The zero-order valence-corrected chi connectivity index (χ0v) is 9.86. The molecule has 0 N–H and O–H groups in total. The van der Waals surface area contributed by atoms with Crippen LogP contribution < -0.4 is 0 Å². The smallest absolute Gasteiger partial charge is 0.0242 e. The van der Waals surface area contributed by atoms with Gasteiger partial charge in [-0.3, -0.25) is 0 Å². The van der Waals surface area contributed by atoms with E-state index in [1.165, 1.54) is 38.5 Å². The van der Waals surface area contributed by atoms with Gasteiger partial charge in [0.1, 0.15) is 0 Å². The molecule has 0 radical (unpaired) electrons. The zero-order chi connectivity index (χ0) is 8.53. The van der Waals surface area contributed by atoms with E-state index in [-0.39, 0.29) is 0 Å². The quantitative estimate of drug-likeness (QED) is 0.483. The van der Waals surface area contributed by atoms with Gasteiger partial charge in [-0.2, -0.15) is 0 Å². The molecule has 0 aromatic heterocycles. The molecule has 0 aliphatic carbocycles. The Kier molecular flexibility index (Phi) is 8.93. The van der Waals surface area contributed by atoms with E-state index in [9.17, 15) is 0 Å². The summed E-state index contributed by atoms with van der Waals surface area (Å²) in [7, 11) is 0. The number of halogens is 1. The molecule has 0 heterocycles. The number of hydrogen-bond donors (Lipinski definition) is 0. The highest BCUT2D eigenvalue weighted by molar-refractivity contribution is 14.1. The molecule has 66 valence electrons. The predicted molar refractivity (Wildman–Crippen MR) is 61.2 cm³/mol. The van der Waals surface area contributed by atoms with Crippen LogP contribution in [0.2, 0.25) is 0 Å². The van der Waals surface area contributed by atoms with Crippen molar-refractivity contribution in [2.75, 3.05) is 0 Å². The molecule has 0 unspecified atom stereocenters. The van der Waals surface area contributed by atoms with Gasteiger partial charge in [0.25, 0.3) is 0 Å². The molecule has 0 aromatic carbocycles. The molecule has 0 aliphatic heterocycles. The second kappa shape index (κ2) is 8.57. The van der Waals surface area contributed by atoms with E-state index in [1.807, 2.05) is 0 Å². The van der Waals surface area contributed by atoms with Gasteiger partial charge >= 0.3 is 0 Å². The Balaban J connectivity index is 3.22. The maximum Gasteiger partial charge on any atom is -0.0242 e. The van der Waals surface area contributed by atoms with Crippen LogP contribution in [0, 0.1) is 0 Å². The van der Waals surface area contributed by atoms with Crippen LogP contribution in [0.25, 0.3) is 0 Å². The van der Waals surface area contributed by atoms with Crippen molar-refractivity contribution in [1.29, 1.82) is 0 Å². The van der Waals surface area contributed by atoms with Gasteiger partial charge in [-0.1, -0.05) is 61.3 Å². The van der Waals surface area contributed by atoms with Crippen LogP contribution in [0.1, 0.15) is 52.4 Å². The van der Waals surface area contributed by atoms with Gasteiger partial charge in [-0.25, -0.2) is 0 Å². The minimum absolute atomic E-state index is 1.23. The van der Waals surface area contributed by atoms with Gasteiger partial charge in [0.05, 0.1) is 0 Å². The Bertz CT molecular complexity index is 105. The Morgan fingerprint density at radius 1 is 1.18 bits per heavy atom. The molecule has 0 bridgehead atoms. The number of allylic oxidation sites excluding steroid dienone is 1. The largest absolute Gasteiger partial charge is 0.0654 e. The maximum atomic E-state index is 2.35. The van der Waals surface area contributed by atoms with Gasteiger partial charge < -0.3 is 0 Å². The number of hydrogen-bond acceptors (Lipinski definition) is 0. The molecule has 0 nitrogen and oxygen atoms in total. The second-order valence-electron chi connectivity index (χ2n) is 2.93. The van der Waals surface area contributed by atoms with Crippen LogP contribution in [-0.2, 0) is 0 Å². The monoisotopic (exact) mass is 266 g/mol. The average Bonchev–Trinajstić information content (AvgIpc) is 2.05. The summed E-state index contributed by atoms with van der Waals surface area (Å²) in [6.45, 7) is 4.50. The molecule has 1 heteroatoms. The third kappa shape index (κ3) is 6.85. The van der Waals surface area contributed by atoms with Crippen LogP contribution in [-0.4, -0.2) is 0 Å². The van der Waals surface area contributed by atoms with Crippen LogP contribution in [0.15, 0.2) is 9.66 Å². The standard InChI is InChI=1S/C10H19I/c1-3-5-6-7-8-10(4-2)9-11/h9H,3-8H2,1-2H3/b10-9+. The fraction of sp³-hybridized carbons (Fsp3) is 0.800. The highest BCUT2D eigenvalue weighted by Gasteiger charge is 1.92. The van der Waals surface area contributed by atoms with Gasteiger partial charge in [-0.05, 0) is 23.3 Å². The summed E-state index contributed by atoms with van der Waals surface area (Å²) in [5.74, 6) is 0. The van der Waals surface area contributed by atoms with Crippen molar-refractivity contribution >= 4 is 22.6 Å². The SMILES string of the molecule is CCCCCC/C(=C/I)CC. The maximum absolute atomic E-state index is 2.35. The molecule has 0 aromatic rings. The van der Waals surface area contributed by atoms with Crippen molar-refractivity contribution in [3.05, 3.63) is 9.66 Å². The summed E-state index contributed by atoms with van der Waals surface area (Å²) < 4.78 is 2.24. The molecule has 0 spiro atoms. The lowest BCUT2D eigenvalue weighted by molar-refractivity contribution is 0.658. The summed E-state index contributed by atoms with van der Waals surface area (Å²) >= 11 is 2.35. The predicted octanol–water partition coefficient (Wildman–Crippen LogP) is 4.69. The van der Waals surface area contributed by atoms with Crippen molar-refractivity contribution in [1.82, 2.24) is 0 Å². The first-order valence-electron chi connectivity index (χ1n) is 4.63. The summed E-state index contributed by atoms with van der Waals surface area (Å²) in [5.41, 5.74) is 1.61. The average molecular weight is 266 g/mol. The Labute approximate surface area is 84.6 Å². The molecule has 0 saturated heterocycles. The van der Waals surface area contributed by atoms with Gasteiger partial charge in [0.2, 0.25) is 0 Å². The first-order valence-corrected chi connectivity index (χ1v) is 5.87. The van der Waals surface area contributed by atoms with Crippen LogP contribution in [0.3, 0.4) is 0 Å². The summed E-state index contributed by atoms with van der Waals surface area (Å²) in [4.78, 5) is 0. The van der Waals surface area contributed by atoms with E-state index >= 15 is 0 Å². The fourth-order valence-electron chi connectivity index (χ4n) is 1.09. The molecule has 0 atom stereocenters. The third-order valence-corrected chi connectivity index (χ3v) is 2.84. The third-order valence-electron chi connectivity index (χ3n) is 1.96. The van der Waals surface area contributed by atoms with E-state index in [0.717, 1.165) is 0 Å². The Morgan fingerprint density at radius 2 is 1.91 bits per heavy atom. The minimum atomic E-state index is 1.23. The van der Waals surface area contributed by atoms with Crippen molar-refractivity contribution in [2.45, 2.75) is 52.4 Å². The molecule has 0 aliphatic rings. The zero-order valence-electron chi connectivity index (χ0n) is 7.70. The second-order valence-corrected chi connectivity index (χ2v) is 3.55. The van der Waals surface area contributed by atoms with Gasteiger partial charge in [0, 0.05) is 0 Å². The Hall–Kier alpha value is 0.470. The Morgan fingerprint density at radius 3 is 2.36 bits per heavy atom. The van der Waals surface area contributed by atoms with E-state index in [1.54, 1.807) is 5.57 Å². The number of rotatable bonds is 6. The van der Waals surface area contributed by atoms with E-state index < -0.39 is 0 Å². The molecule has 0 fully saturated rings. The van der Waals surface area contributed by atoms with Crippen LogP contribution >= 0.6 is 22.6 Å². The van der Waals surface area contributed by atoms with Crippen molar-refractivity contribution in [2.24, 2.45) is 0 Å². The first kappa shape index (κ1) is 11.5. The topological polar surface area (TPSA) is 0 Å². The minimum Gasteiger partial charge on any atom is -0.0654 e. The van der Waals surface area contributed by atoms with Crippen molar-refractivity contribution < 1.29 is 0 Å². The fourth-order valence-corrected chi connectivity index (χ4v) is 1.84. The van der Waals surface area contributed by atoms with Crippen LogP contribution in [0.4, 0.5) is 0 Å². The van der Waals surface area contributed by atoms with E-state index in [0.29, 0.717) is 0 Å². The lowest BCUT2D eigenvalue weighted by atomic mass is 10.1. The highest BCUT2D eigenvalue weighted by Crippen LogP contribution is 2.14. The molecule has 0 rings (SSSR count). The summed E-state index contributed by atoms with van der Waals surface area (Å²) in [6.07, 6.45) is 8.09. The lowest BCUT2D eigenvalue weighted by Crippen LogP contribution is -1.81. The van der Waals surface area contributed by atoms with Crippen molar-refractivity contribution in [3.63, 3.8) is 0 Å². The summed E-state index contributed by atoms with van der Waals surface area (Å²) in [6, 6.07) is 0. The first-order chi connectivity index (χ1) is 5.35. The highest BCUT2D eigenvalue weighted by atomic mass is 127. The van der Waals surface area contributed by atoms with E-state index in [2.05, 4.69) is 40.5 Å². The normalized spacial score (nSPS) is 12.1. The van der Waals surface area contributed by atoms with Crippen molar-refractivity contribution in [3.8, 4) is 0 Å². The van der Waals surface area contributed by atoms with E-state index in [4.69, 9.17) is 0 Å². The summed E-state index contributed by atoms with van der Waals surface area (Å²) in [5, 5.41) is 0. The van der Waals surface area contributed by atoms with Gasteiger partial charge in [-0.15, -0.1) is 0 Å². The van der Waals surface area contributed by atoms with Crippen LogP contribution in [0.5, 0.6) is 0 Å². The molecule has 11 heavy (non-hydrogen) atoms. The molecular formula is C10H19I. The van der Waals surface area contributed by atoms with Gasteiger partial charge in [0.15, 0.2) is 0 Å². The molecule has 0 amide bonds. The molecule has 0 saturated carbocycles. The lowest BCUT2D eigenvalue weighted by Gasteiger charge is -2.01.